The fraction of sp³-hybridized carbons (Fsp3) is 0.400. The molecular weight excluding hydrogens is 448 g/mol. The number of pyridine rings is 1. The van der Waals surface area contributed by atoms with E-state index in [4.69, 9.17) is 4.74 Å². The highest BCUT2D eigenvalue weighted by Gasteiger charge is 2.35. The number of anilines is 1. The molecule has 0 atom stereocenters. The van der Waals surface area contributed by atoms with Gasteiger partial charge in [-0.3, -0.25) is 14.0 Å². The second-order valence-electron chi connectivity index (χ2n) is 7.71. The van der Waals surface area contributed by atoms with Gasteiger partial charge in [-0.25, -0.2) is 14.4 Å². The van der Waals surface area contributed by atoms with Gasteiger partial charge in [0.2, 0.25) is 5.91 Å². The number of carbonyl (C=O) groups excluding carboxylic acids is 1. The highest BCUT2D eigenvalue weighted by atomic mass is 19.4. The SMILES string of the molecule is Cc1cc(C(F)(F)F)nn1CC(=O)Nc1cnc(-n2cnc(C3(O)CCOCC3)c2)c(F)c1. The number of nitrogens with one attached hydrogen (secondary N) is 1. The Hall–Kier alpha value is -3.32. The third kappa shape index (κ3) is 4.88. The first-order valence-electron chi connectivity index (χ1n) is 9.97. The number of aromatic nitrogens is 5. The predicted octanol–water partition coefficient (Wildman–Crippen LogP) is 2.57. The van der Waals surface area contributed by atoms with E-state index in [0.717, 1.165) is 16.8 Å². The van der Waals surface area contributed by atoms with E-state index in [0.29, 0.717) is 31.7 Å². The summed E-state index contributed by atoms with van der Waals surface area (Å²) in [4.78, 5) is 20.4. The van der Waals surface area contributed by atoms with Crippen LogP contribution in [0.1, 0.15) is 29.9 Å². The van der Waals surface area contributed by atoms with Gasteiger partial charge in [0.05, 0.1) is 17.6 Å². The molecular formula is C20H20F4N6O3. The van der Waals surface area contributed by atoms with Gasteiger partial charge >= 0.3 is 6.18 Å². The monoisotopic (exact) mass is 468 g/mol. The van der Waals surface area contributed by atoms with Crippen molar-refractivity contribution in [3.05, 3.63) is 53.8 Å². The van der Waals surface area contributed by atoms with E-state index in [-0.39, 0.29) is 17.2 Å². The maximum Gasteiger partial charge on any atom is 0.435 e. The molecule has 0 saturated carbocycles. The van der Waals surface area contributed by atoms with Crippen LogP contribution in [0.2, 0.25) is 0 Å². The van der Waals surface area contributed by atoms with Crippen molar-refractivity contribution in [2.24, 2.45) is 0 Å². The summed E-state index contributed by atoms with van der Waals surface area (Å²) < 4.78 is 60.4. The minimum Gasteiger partial charge on any atom is -0.383 e. The highest BCUT2D eigenvalue weighted by molar-refractivity contribution is 5.90. The number of hydrogen-bond acceptors (Lipinski definition) is 6. The zero-order valence-corrected chi connectivity index (χ0v) is 17.4. The number of rotatable bonds is 5. The van der Waals surface area contributed by atoms with Gasteiger partial charge in [-0.05, 0) is 13.0 Å². The van der Waals surface area contributed by atoms with E-state index in [1.165, 1.54) is 30.2 Å². The minimum absolute atomic E-state index is 0.0190. The van der Waals surface area contributed by atoms with Crippen molar-refractivity contribution in [3.8, 4) is 5.82 Å². The van der Waals surface area contributed by atoms with Crippen molar-refractivity contribution in [2.45, 2.75) is 38.1 Å². The Morgan fingerprint density at radius 3 is 2.64 bits per heavy atom. The van der Waals surface area contributed by atoms with E-state index in [9.17, 15) is 27.5 Å². The first-order valence-corrected chi connectivity index (χ1v) is 9.97. The molecule has 4 rings (SSSR count). The van der Waals surface area contributed by atoms with E-state index in [1.54, 1.807) is 0 Å². The molecule has 0 radical (unpaired) electrons. The molecule has 3 aromatic heterocycles. The topological polar surface area (TPSA) is 107 Å². The van der Waals surface area contributed by atoms with Crippen LogP contribution in [0.4, 0.5) is 23.2 Å². The number of hydrogen-bond donors (Lipinski definition) is 2. The van der Waals surface area contributed by atoms with Crippen LogP contribution in [0.3, 0.4) is 0 Å². The lowest BCUT2D eigenvalue weighted by Crippen LogP contribution is -2.33. The number of amides is 1. The second-order valence-corrected chi connectivity index (χ2v) is 7.71. The smallest absolute Gasteiger partial charge is 0.383 e. The summed E-state index contributed by atoms with van der Waals surface area (Å²) in [5, 5.41) is 16.5. The summed E-state index contributed by atoms with van der Waals surface area (Å²) in [6.07, 6.45) is 0.119. The van der Waals surface area contributed by atoms with Crippen LogP contribution in [-0.4, -0.2) is 48.5 Å². The lowest BCUT2D eigenvalue weighted by molar-refractivity contribution is -0.141. The van der Waals surface area contributed by atoms with Crippen LogP contribution in [0.5, 0.6) is 0 Å². The van der Waals surface area contributed by atoms with Gasteiger partial charge in [0.15, 0.2) is 17.3 Å². The molecule has 13 heteroatoms. The molecule has 1 saturated heterocycles. The van der Waals surface area contributed by atoms with Crippen molar-refractivity contribution in [2.75, 3.05) is 18.5 Å². The quantitative estimate of drug-likeness (QED) is 0.558. The van der Waals surface area contributed by atoms with Gasteiger partial charge in [0.25, 0.3) is 0 Å². The molecule has 0 aliphatic carbocycles. The zero-order valence-electron chi connectivity index (χ0n) is 17.4. The molecule has 0 spiro atoms. The van der Waals surface area contributed by atoms with E-state index in [2.05, 4.69) is 20.4 Å². The second kappa shape index (κ2) is 8.56. The van der Waals surface area contributed by atoms with Crippen molar-refractivity contribution in [3.63, 3.8) is 0 Å². The van der Waals surface area contributed by atoms with Crippen LogP contribution < -0.4 is 5.32 Å². The summed E-state index contributed by atoms with van der Waals surface area (Å²) >= 11 is 0. The highest BCUT2D eigenvalue weighted by Crippen LogP contribution is 2.31. The number of imidazole rings is 1. The number of halogens is 4. The van der Waals surface area contributed by atoms with Crippen LogP contribution in [0, 0.1) is 12.7 Å². The molecule has 9 nitrogen and oxygen atoms in total. The number of carbonyl (C=O) groups is 1. The van der Waals surface area contributed by atoms with Crippen LogP contribution in [-0.2, 0) is 27.9 Å². The van der Waals surface area contributed by atoms with Crippen molar-refractivity contribution >= 4 is 11.6 Å². The molecule has 4 heterocycles. The molecule has 33 heavy (non-hydrogen) atoms. The van der Waals surface area contributed by atoms with Gasteiger partial charge in [0.1, 0.15) is 18.5 Å². The molecule has 1 aliphatic rings. The molecule has 1 fully saturated rings. The van der Waals surface area contributed by atoms with E-state index in [1.807, 2.05) is 0 Å². The Morgan fingerprint density at radius 2 is 2.00 bits per heavy atom. The lowest BCUT2D eigenvalue weighted by Gasteiger charge is -2.30. The fourth-order valence-electron chi connectivity index (χ4n) is 3.48. The molecule has 0 aromatic carbocycles. The molecule has 2 N–H and O–H groups in total. The van der Waals surface area contributed by atoms with Crippen molar-refractivity contribution < 1.29 is 32.2 Å². The first kappa shape index (κ1) is 22.9. The Kier molecular flexibility index (Phi) is 5.93. The minimum atomic E-state index is -4.62. The number of alkyl halides is 3. The van der Waals surface area contributed by atoms with Crippen LogP contribution in [0.25, 0.3) is 5.82 Å². The van der Waals surface area contributed by atoms with Gasteiger partial charge in [-0.15, -0.1) is 0 Å². The van der Waals surface area contributed by atoms with Crippen molar-refractivity contribution in [1.82, 2.24) is 24.3 Å². The van der Waals surface area contributed by atoms with Crippen LogP contribution >= 0.6 is 0 Å². The Labute approximate surface area is 185 Å². The zero-order chi connectivity index (χ0) is 23.8. The first-order chi connectivity index (χ1) is 15.5. The summed E-state index contributed by atoms with van der Waals surface area (Å²) in [6, 6.07) is 1.86. The number of aliphatic hydroxyl groups is 1. The Bertz CT molecular complexity index is 1170. The summed E-state index contributed by atoms with van der Waals surface area (Å²) in [6.45, 7) is 1.68. The van der Waals surface area contributed by atoms with Gasteiger partial charge in [-0.2, -0.15) is 18.3 Å². The van der Waals surface area contributed by atoms with Crippen LogP contribution in [0.15, 0.2) is 30.9 Å². The number of aryl methyl sites for hydroxylation is 1. The summed E-state index contributed by atoms with van der Waals surface area (Å²) in [7, 11) is 0. The van der Waals surface area contributed by atoms with Crippen molar-refractivity contribution in [1.29, 1.82) is 0 Å². The molecule has 176 valence electrons. The summed E-state index contributed by atoms with van der Waals surface area (Å²) in [5.41, 5.74) is -1.72. The largest absolute Gasteiger partial charge is 0.435 e. The average molecular weight is 468 g/mol. The standard InChI is InChI=1S/C20H20F4N6O3/c1-12-6-15(20(22,23)24)28-30(12)10-17(31)27-13-7-14(21)18(25-8-13)29-9-16(26-11-29)19(32)2-4-33-5-3-19/h6-9,11,32H,2-5,10H2,1H3,(H,27,31). The lowest BCUT2D eigenvalue weighted by atomic mass is 9.91. The fourth-order valence-corrected chi connectivity index (χ4v) is 3.48. The Morgan fingerprint density at radius 1 is 1.27 bits per heavy atom. The molecule has 1 aliphatic heterocycles. The summed E-state index contributed by atoms with van der Waals surface area (Å²) in [5.74, 6) is -1.57. The third-order valence-corrected chi connectivity index (χ3v) is 5.29. The molecule has 0 bridgehead atoms. The van der Waals surface area contributed by atoms with Gasteiger partial charge in [-0.1, -0.05) is 0 Å². The van der Waals surface area contributed by atoms with E-state index >= 15 is 0 Å². The maximum atomic E-state index is 14.7. The molecule has 0 unspecified atom stereocenters. The van der Waals surface area contributed by atoms with E-state index < -0.39 is 35.7 Å². The number of nitrogens with zero attached hydrogens (tertiary/aromatic N) is 5. The molecule has 1 amide bonds. The maximum absolute atomic E-state index is 14.7. The predicted molar refractivity (Wildman–Crippen MR) is 106 cm³/mol. The average Bonchev–Trinajstić information content (AvgIpc) is 3.36. The Balaban J connectivity index is 1.45. The third-order valence-electron chi connectivity index (χ3n) is 5.29. The van der Waals surface area contributed by atoms with Gasteiger partial charge in [0, 0.05) is 44.0 Å². The normalized spacial score (nSPS) is 16.1. The molecule has 3 aromatic rings. The number of ether oxygens (including phenoxy) is 1. The van der Waals surface area contributed by atoms with Gasteiger partial charge < -0.3 is 15.2 Å².